The normalized spacial score (nSPS) is 24.9. The molecule has 1 aromatic carbocycles. The zero-order chi connectivity index (χ0) is 14.0. The van der Waals surface area contributed by atoms with E-state index in [2.05, 4.69) is 0 Å². The zero-order valence-corrected chi connectivity index (χ0v) is 11.6. The molecule has 2 N–H and O–H groups in total. The highest BCUT2D eigenvalue weighted by molar-refractivity contribution is 7.89. The molecule has 2 unspecified atom stereocenters. The number of rotatable bonds is 2. The third kappa shape index (κ3) is 2.78. The van der Waals surface area contributed by atoms with E-state index in [0.717, 1.165) is 6.42 Å². The van der Waals surface area contributed by atoms with E-state index in [-0.39, 0.29) is 10.9 Å². The van der Waals surface area contributed by atoms with E-state index < -0.39 is 10.0 Å². The van der Waals surface area contributed by atoms with Crippen LogP contribution in [0.5, 0.6) is 0 Å². The molecule has 2 atom stereocenters. The number of piperidine rings is 1. The molecule has 19 heavy (non-hydrogen) atoms. The van der Waals surface area contributed by atoms with Gasteiger partial charge >= 0.3 is 0 Å². The molecule has 0 spiro atoms. The fourth-order valence-corrected chi connectivity index (χ4v) is 3.63. The van der Waals surface area contributed by atoms with Gasteiger partial charge in [0, 0.05) is 19.1 Å². The van der Waals surface area contributed by atoms with Crippen LogP contribution >= 0.6 is 0 Å². The number of nitriles is 1. The van der Waals surface area contributed by atoms with Crippen molar-refractivity contribution in [2.75, 3.05) is 13.1 Å². The van der Waals surface area contributed by atoms with Crippen LogP contribution in [-0.4, -0.2) is 31.9 Å². The highest BCUT2D eigenvalue weighted by atomic mass is 32.2. The molecule has 0 radical (unpaired) electrons. The molecule has 102 valence electrons. The van der Waals surface area contributed by atoms with Crippen LogP contribution in [0.4, 0.5) is 0 Å². The maximum absolute atomic E-state index is 12.4. The van der Waals surface area contributed by atoms with Crippen LogP contribution in [0.3, 0.4) is 0 Å². The summed E-state index contributed by atoms with van der Waals surface area (Å²) in [7, 11) is -3.50. The van der Waals surface area contributed by atoms with Crippen molar-refractivity contribution in [1.29, 1.82) is 5.26 Å². The van der Waals surface area contributed by atoms with Gasteiger partial charge in [-0.3, -0.25) is 0 Å². The maximum Gasteiger partial charge on any atom is 0.243 e. The number of nitrogens with zero attached hydrogens (tertiary/aromatic N) is 2. The van der Waals surface area contributed by atoms with Crippen LogP contribution in [0, 0.1) is 17.2 Å². The first-order valence-electron chi connectivity index (χ1n) is 6.21. The molecular formula is C13H17N3O2S. The van der Waals surface area contributed by atoms with Gasteiger partial charge in [0.25, 0.3) is 0 Å². The van der Waals surface area contributed by atoms with Gasteiger partial charge in [-0.2, -0.15) is 9.57 Å². The van der Waals surface area contributed by atoms with E-state index >= 15 is 0 Å². The number of nitrogens with two attached hydrogens (primary N) is 1. The third-order valence-electron chi connectivity index (χ3n) is 3.60. The van der Waals surface area contributed by atoms with Gasteiger partial charge in [-0.15, -0.1) is 0 Å². The first-order chi connectivity index (χ1) is 8.95. The first-order valence-corrected chi connectivity index (χ1v) is 7.65. The molecule has 1 aliphatic heterocycles. The fourth-order valence-electron chi connectivity index (χ4n) is 2.14. The average molecular weight is 279 g/mol. The summed E-state index contributed by atoms with van der Waals surface area (Å²) in [6, 6.07) is 7.81. The lowest BCUT2D eigenvalue weighted by Crippen LogP contribution is -2.49. The van der Waals surface area contributed by atoms with Crippen molar-refractivity contribution < 1.29 is 8.42 Å². The summed E-state index contributed by atoms with van der Waals surface area (Å²) >= 11 is 0. The Hall–Kier alpha value is -1.42. The van der Waals surface area contributed by atoms with Gasteiger partial charge in [-0.25, -0.2) is 8.42 Å². The smallest absolute Gasteiger partial charge is 0.243 e. The molecule has 0 saturated carbocycles. The fraction of sp³-hybridized carbons (Fsp3) is 0.462. The van der Waals surface area contributed by atoms with Crippen LogP contribution in [0.1, 0.15) is 18.9 Å². The van der Waals surface area contributed by atoms with Gasteiger partial charge in [0.15, 0.2) is 0 Å². The number of sulfonamides is 1. The average Bonchev–Trinajstić information content (AvgIpc) is 2.41. The predicted octanol–water partition coefficient (Wildman–Crippen LogP) is 0.916. The van der Waals surface area contributed by atoms with Gasteiger partial charge < -0.3 is 5.73 Å². The second-order valence-corrected chi connectivity index (χ2v) is 6.87. The highest BCUT2D eigenvalue weighted by Crippen LogP contribution is 2.23. The molecule has 6 heteroatoms. The van der Waals surface area contributed by atoms with Crippen molar-refractivity contribution in [2.24, 2.45) is 11.7 Å². The molecule has 1 aliphatic rings. The van der Waals surface area contributed by atoms with Crippen LogP contribution in [0.2, 0.25) is 0 Å². The third-order valence-corrected chi connectivity index (χ3v) is 5.48. The SMILES string of the molecule is CC1CCN(S(=O)(=O)c2ccc(C#N)cc2)CC1N. The number of hydrogen-bond donors (Lipinski definition) is 1. The molecule has 1 saturated heterocycles. The Morgan fingerprint density at radius 3 is 2.53 bits per heavy atom. The molecule has 0 aromatic heterocycles. The Morgan fingerprint density at radius 1 is 1.37 bits per heavy atom. The Morgan fingerprint density at radius 2 is 2.00 bits per heavy atom. The molecule has 0 bridgehead atoms. The molecule has 1 fully saturated rings. The minimum absolute atomic E-state index is 0.123. The van der Waals surface area contributed by atoms with Gasteiger partial charge in [-0.1, -0.05) is 6.92 Å². The van der Waals surface area contributed by atoms with Crippen molar-refractivity contribution in [1.82, 2.24) is 4.31 Å². The Kier molecular flexibility index (Phi) is 3.90. The summed E-state index contributed by atoms with van der Waals surface area (Å²) in [6.45, 7) is 2.89. The molecule has 0 amide bonds. The molecule has 0 aliphatic carbocycles. The van der Waals surface area contributed by atoms with E-state index in [1.165, 1.54) is 28.6 Å². The highest BCUT2D eigenvalue weighted by Gasteiger charge is 2.31. The van der Waals surface area contributed by atoms with E-state index in [1.54, 1.807) is 0 Å². The summed E-state index contributed by atoms with van der Waals surface area (Å²) in [5.74, 6) is 0.340. The van der Waals surface area contributed by atoms with Crippen molar-refractivity contribution >= 4 is 10.0 Å². The maximum atomic E-state index is 12.4. The van der Waals surface area contributed by atoms with Crippen molar-refractivity contribution in [3.05, 3.63) is 29.8 Å². The lowest BCUT2D eigenvalue weighted by atomic mass is 9.96. The monoisotopic (exact) mass is 279 g/mol. The summed E-state index contributed by atoms with van der Waals surface area (Å²) < 4.78 is 26.3. The van der Waals surface area contributed by atoms with Crippen molar-refractivity contribution in [3.63, 3.8) is 0 Å². The van der Waals surface area contributed by atoms with Gasteiger partial charge in [0.2, 0.25) is 10.0 Å². The summed E-state index contributed by atoms with van der Waals surface area (Å²) in [4.78, 5) is 0.216. The van der Waals surface area contributed by atoms with Crippen LogP contribution in [-0.2, 0) is 10.0 Å². The zero-order valence-electron chi connectivity index (χ0n) is 10.8. The van der Waals surface area contributed by atoms with Crippen molar-refractivity contribution in [3.8, 4) is 6.07 Å². The number of hydrogen-bond acceptors (Lipinski definition) is 4. The van der Waals surface area contributed by atoms with Crippen LogP contribution in [0.25, 0.3) is 0 Å². The molecular weight excluding hydrogens is 262 g/mol. The molecule has 1 aromatic rings. The van der Waals surface area contributed by atoms with Crippen LogP contribution in [0.15, 0.2) is 29.2 Å². The quantitative estimate of drug-likeness (QED) is 0.872. The van der Waals surface area contributed by atoms with E-state index in [9.17, 15) is 8.42 Å². The second-order valence-electron chi connectivity index (χ2n) is 4.93. The van der Waals surface area contributed by atoms with Crippen molar-refractivity contribution in [2.45, 2.75) is 24.3 Å². The lowest BCUT2D eigenvalue weighted by molar-refractivity contribution is 0.253. The summed E-state index contributed by atoms with van der Waals surface area (Å²) in [5.41, 5.74) is 6.39. The van der Waals surface area contributed by atoms with E-state index in [1.807, 2.05) is 13.0 Å². The van der Waals surface area contributed by atoms with E-state index in [0.29, 0.717) is 24.6 Å². The van der Waals surface area contributed by atoms with Crippen LogP contribution < -0.4 is 5.73 Å². The van der Waals surface area contributed by atoms with E-state index in [4.69, 9.17) is 11.0 Å². The minimum atomic E-state index is -3.50. The summed E-state index contributed by atoms with van der Waals surface area (Å²) in [5, 5.41) is 8.72. The van der Waals surface area contributed by atoms with Gasteiger partial charge in [0.1, 0.15) is 0 Å². The molecule has 1 heterocycles. The minimum Gasteiger partial charge on any atom is -0.326 e. The van der Waals surface area contributed by atoms with Gasteiger partial charge in [-0.05, 0) is 36.6 Å². The Bertz CT molecular complexity index is 589. The summed E-state index contributed by atoms with van der Waals surface area (Å²) in [6.07, 6.45) is 0.774. The molecule has 5 nitrogen and oxygen atoms in total. The number of benzene rings is 1. The Balaban J connectivity index is 2.25. The second kappa shape index (κ2) is 5.29. The standard InChI is InChI=1S/C13H17N3O2S/c1-10-6-7-16(9-13(10)15)19(17,18)12-4-2-11(8-14)3-5-12/h2-5,10,13H,6-7,9,15H2,1H3. The van der Waals surface area contributed by atoms with Gasteiger partial charge in [0.05, 0.1) is 16.5 Å². The first kappa shape index (κ1) is 14.0. The predicted molar refractivity (Wildman–Crippen MR) is 71.7 cm³/mol. The largest absolute Gasteiger partial charge is 0.326 e. The molecule has 2 rings (SSSR count). The lowest BCUT2D eigenvalue weighted by Gasteiger charge is -2.34. The topological polar surface area (TPSA) is 87.2 Å². The Labute approximate surface area is 113 Å².